The van der Waals surface area contributed by atoms with Gasteiger partial charge >= 0.3 is 0 Å². The van der Waals surface area contributed by atoms with Crippen LogP contribution in [0, 0.1) is 11.6 Å². The summed E-state index contributed by atoms with van der Waals surface area (Å²) in [5, 5.41) is 2.58. The van der Waals surface area contributed by atoms with Crippen molar-refractivity contribution >= 4 is 11.6 Å². The summed E-state index contributed by atoms with van der Waals surface area (Å²) in [5.74, 6) is -2.70. The first kappa shape index (κ1) is 13.7. The van der Waals surface area contributed by atoms with Gasteiger partial charge in [0.25, 0.3) is 5.91 Å². The number of hydrogen-bond acceptors (Lipinski definition) is 3. The van der Waals surface area contributed by atoms with Gasteiger partial charge in [0, 0.05) is 12.6 Å². The third-order valence-electron chi connectivity index (χ3n) is 3.18. The fraction of sp³-hybridized carbons (Fsp3) is 0.462. The number of nitrogen functional groups attached to an aromatic ring is 1. The number of hydrogen-bond donors (Lipinski definition) is 2. The lowest BCUT2D eigenvalue weighted by atomic mass is 9.89. The van der Waals surface area contributed by atoms with Crippen LogP contribution < -0.4 is 11.1 Å². The summed E-state index contributed by atoms with van der Waals surface area (Å²) in [6.07, 6.45) is 1.43. The summed E-state index contributed by atoms with van der Waals surface area (Å²) in [7, 11) is 0. The van der Waals surface area contributed by atoms with Gasteiger partial charge in [0.1, 0.15) is 11.4 Å². The average Bonchev–Trinajstić information content (AvgIpc) is 2.32. The number of ether oxygens (including phenoxy) is 1. The van der Waals surface area contributed by atoms with Crippen molar-refractivity contribution in [2.24, 2.45) is 0 Å². The Morgan fingerprint density at radius 3 is 2.79 bits per heavy atom. The molecule has 3 N–H and O–H groups in total. The summed E-state index contributed by atoms with van der Waals surface area (Å²) >= 11 is 0. The van der Waals surface area contributed by atoms with Crippen molar-refractivity contribution in [1.29, 1.82) is 0 Å². The minimum Gasteiger partial charge on any atom is -0.396 e. The first-order valence-corrected chi connectivity index (χ1v) is 6.18. The van der Waals surface area contributed by atoms with Crippen molar-refractivity contribution in [2.75, 3.05) is 12.3 Å². The average molecular weight is 270 g/mol. The van der Waals surface area contributed by atoms with Crippen LogP contribution in [0.1, 0.15) is 30.1 Å². The second-order valence-corrected chi connectivity index (χ2v) is 4.54. The van der Waals surface area contributed by atoms with Gasteiger partial charge in [-0.15, -0.1) is 0 Å². The molecule has 0 bridgehead atoms. The highest BCUT2D eigenvalue weighted by Crippen LogP contribution is 2.25. The van der Waals surface area contributed by atoms with Crippen LogP contribution >= 0.6 is 0 Å². The minimum absolute atomic E-state index is 0.107. The van der Waals surface area contributed by atoms with Crippen LogP contribution in [0.5, 0.6) is 0 Å². The Morgan fingerprint density at radius 1 is 1.47 bits per heavy atom. The highest BCUT2D eigenvalue weighted by molar-refractivity contribution is 5.95. The van der Waals surface area contributed by atoms with Crippen molar-refractivity contribution in [3.8, 4) is 0 Å². The Labute approximate surface area is 109 Å². The van der Waals surface area contributed by atoms with E-state index in [2.05, 4.69) is 5.32 Å². The molecule has 1 saturated carbocycles. The standard InChI is InChI=1S/C13H16F2N2O2/c1-2-19-8-5-7(6-8)17-13(18)11-9(14)3-4-10(16)12(11)15/h3-4,7-8H,2,5-6,16H2,1H3,(H,17,18). The van der Waals surface area contributed by atoms with E-state index in [1.807, 2.05) is 6.92 Å². The molecule has 1 aliphatic rings. The zero-order chi connectivity index (χ0) is 14.0. The fourth-order valence-corrected chi connectivity index (χ4v) is 2.09. The molecule has 0 radical (unpaired) electrons. The molecule has 0 spiro atoms. The maximum absolute atomic E-state index is 13.6. The minimum atomic E-state index is -1.02. The van der Waals surface area contributed by atoms with E-state index in [0.717, 1.165) is 12.1 Å². The molecule has 1 fully saturated rings. The molecule has 6 heteroatoms. The Morgan fingerprint density at radius 2 is 2.16 bits per heavy atom. The van der Waals surface area contributed by atoms with Crippen molar-refractivity contribution in [1.82, 2.24) is 5.32 Å². The Kier molecular flexibility index (Phi) is 3.99. The smallest absolute Gasteiger partial charge is 0.257 e. The van der Waals surface area contributed by atoms with E-state index < -0.39 is 23.1 Å². The van der Waals surface area contributed by atoms with Crippen LogP contribution in [0.25, 0.3) is 0 Å². The molecule has 1 aromatic carbocycles. The summed E-state index contributed by atoms with van der Waals surface area (Å²) in [6.45, 7) is 2.51. The predicted octanol–water partition coefficient (Wildman–Crippen LogP) is 1.84. The number of benzene rings is 1. The summed E-state index contributed by atoms with van der Waals surface area (Å²) in [5.41, 5.74) is 4.46. The van der Waals surface area contributed by atoms with Crippen molar-refractivity contribution < 1.29 is 18.3 Å². The van der Waals surface area contributed by atoms with Crippen molar-refractivity contribution in [3.63, 3.8) is 0 Å². The summed E-state index contributed by atoms with van der Waals surface area (Å²) in [6, 6.07) is 1.97. The molecule has 4 nitrogen and oxygen atoms in total. The lowest BCUT2D eigenvalue weighted by Gasteiger charge is -2.35. The van der Waals surface area contributed by atoms with Gasteiger partial charge in [-0.05, 0) is 31.9 Å². The zero-order valence-corrected chi connectivity index (χ0v) is 10.6. The topological polar surface area (TPSA) is 64.3 Å². The van der Waals surface area contributed by atoms with E-state index in [9.17, 15) is 13.6 Å². The number of nitrogens with one attached hydrogen (secondary N) is 1. The SMILES string of the molecule is CCOC1CC(NC(=O)c2c(F)ccc(N)c2F)C1. The number of anilines is 1. The molecule has 0 aromatic heterocycles. The number of amides is 1. The highest BCUT2D eigenvalue weighted by atomic mass is 19.1. The summed E-state index contributed by atoms with van der Waals surface area (Å²) < 4.78 is 32.4. The van der Waals surface area contributed by atoms with E-state index in [1.54, 1.807) is 0 Å². The number of rotatable bonds is 4. The Hall–Kier alpha value is -1.69. The molecular weight excluding hydrogens is 254 g/mol. The molecule has 2 rings (SSSR count). The molecule has 0 heterocycles. The van der Waals surface area contributed by atoms with Crippen LogP contribution in [0.4, 0.5) is 14.5 Å². The Balaban J connectivity index is 2.00. The Bertz CT molecular complexity index is 488. The quantitative estimate of drug-likeness (QED) is 0.821. The van der Waals surface area contributed by atoms with Gasteiger partial charge in [0.2, 0.25) is 0 Å². The van der Waals surface area contributed by atoms with E-state index in [1.165, 1.54) is 0 Å². The van der Waals surface area contributed by atoms with E-state index in [4.69, 9.17) is 10.5 Å². The van der Waals surface area contributed by atoms with Gasteiger partial charge in [0.15, 0.2) is 5.82 Å². The van der Waals surface area contributed by atoms with Crippen molar-refractivity contribution in [2.45, 2.75) is 31.9 Å². The second-order valence-electron chi connectivity index (χ2n) is 4.54. The molecule has 0 saturated heterocycles. The van der Waals surface area contributed by atoms with E-state index >= 15 is 0 Å². The lowest BCUT2D eigenvalue weighted by Crippen LogP contribution is -2.48. The molecule has 104 valence electrons. The van der Waals surface area contributed by atoms with Crippen LogP contribution in [0.2, 0.25) is 0 Å². The van der Waals surface area contributed by atoms with E-state index in [0.29, 0.717) is 19.4 Å². The first-order chi connectivity index (χ1) is 9.02. The largest absolute Gasteiger partial charge is 0.396 e. The number of carbonyl (C=O) groups excluding carboxylic acids is 1. The predicted molar refractivity (Wildman–Crippen MR) is 66.7 cm³/mol. The number of nitrogens with two attached hydrogens (primary N) is 1. The monoisotopic (exact) mass is 270 g/mol. The molecule has 1 aromatic rings. The molecule has 0 unspecified atom stereocenters. The van der Waals surface area contributed by atoms with Gasteiger partial charge in [-0.3, -0.25) is 4.79 Å². The van der Waals surface area contributed by atoms with Crippen LogP contribution in [0.15, 0.2) is 12.1 Å². The lowest BCUT2D eigenvalue weighted by molar-refractivity contribution is -0.00868. The molecule has 1 amide bonds. The molecule has 0 aliphatic heterocycles. The van der Waals surface area contributed by atoms with Gasteiger partial charge in [-0.1, -0.05) is 0 Å². The van der Waals surface area contributed by atoms with Gasteiger partial charge in [-0.25, -0.2) is 8.78 Å². The van der Waals surface area contributed by atoms with Gasteiger partial charge < -0.3 is 15.8 Å². The van der Waals surface area contributed by atoms with E-state index in [-0.39, 0.29) is 17.8 Å². The van der Waals surface area contributed by atoms with Crippen LogP contribution in [-0.2, 0) is 4.74 Å². The third kappa shape index (κ3) is 2.84. The first-order valence-electron chi connectivity index (χ1n) is 6.18. The maximum atomic E-state index is 13.6. The molecular formula is C13H16F2N2O2. The normalized spacial score (nSPS) is 21.8. The molecule has 1 aliphatic carbocycles. The van der Waals surface area contributed by atoms with Gasteiger partial charge in [0.05, 0.1) is 11.8 Å². The number of halogens is 2. The molecule has 19 heavy (non-hydrogen) atoms. The highest BCUT2D eigenvalue weighted by Gasteiger charge is 2.32. The number of carbonyl (C=O) groups is 1. The van der Waals surface area contributed by atoms with Crippen LogP contribution in [0.3, 0.4) is 0 Å². The summed E-state index contributed by atoms with van der Waals surface area (Å²) in [4.78, 5) is 11.8. The maximum Gasteiger partial charge on any atom is 0.257 e. The van der Waals surface area contributed by atoms with Crippen LogP contribution in [-0.4, -0.2) is 24.7 Å². The second kappa shape index (κ2) is 5.52. The van der Waals surface area contributed by atoms with Crippen molar-refractivity contribution in [3.05, 3.63) is 29.3 Å². The zero-order valence-electron chi connectivity index (χ0n) is 10.6. The fourth-order valence-electron chi connectivity index (χ4n) is 2.09. The molecule has 0 atom stereocenters. The van der Waals surface area contributed by atoms with Gasteiger partial charge in [-0.2, -0.15) is 0 Å². The third-order valence-corrected chi connectivity index (χ3v) is 3.18.